The molecule has 186 valence electrons. The highest BCUT2D eigenvalue weighted by atomic mass is 19.4. The van der Waals surface area contributed by atoms with Gasteiger partial charge in [-0.15, -0.1) is 13.2 Å². The van der Waals surface area contributed by atoms with Crippen molar-refractivity contribution in [2.24, 2.45) is 0 Å². The summed E-state index contributed by atoms with van der Waals surface area (Å²) in [5.41, 5.74) is 0.0569. The highest BCUT2D eigenvalue weighted by molar-refractivity contribution is 6.24. The Labute approximate surface area is 200 Å². The number of carbonyl (C=O) groups is 2. The minimum absolute atomic E-state index is 0.196. The van der Waals surface area contributed by atoms with Crippen molar-refractivity contribution in [2.45, 2.75) is 44.1 Å². The van der Waals surface area contributed by atoms with Crippen LogP contribution in [-0.2, 0) is 11.3 Å². The van der Waals surface area contributed by atoms with Crippen LogP contribution in [0.25, 0.3) is 0 Å². The van der Waals surface area contributed by atoms with Crippen molar-refractivity contribution in [2.75, 3.05) is 31.1 Å². The van der Waals surface area contributed by atoms with Crippen LogP contribution in [0, 0.1) is 0 Å². The molecule has 3 amide bonds. The summed E-state index contributed by atoms with van der Waals surface area (Å²) in [6, 6.07) is 7.74. The van der Waals surface area contributed by atoms with E-state index in [1.54, 1.807) is 18.3 Å². The fourth-order valence-corrected chi connectivity index (χ4v) is 4.66. The molecule has 0 unspecified atom stereocenters. The molecule has 2 aliphatic heterocycles. The van der Waals surface area contributed by atoms with Crippen molar-refractivity contribution in [1.82, 2.24) is 14.8 Å². The van der Waals surface area contributed by atoms with Gasteiger partial charge in [0.1, 0.15) is 17.9 Å². The summed E-state index contributed by atoms with van der Waals surface area (Å²) in [7, 11) is 0. The lowest BCUT2D eigenvalue weighted by atomic mass is 10.2. The topological polar surface area (TPSA) is 75.2 Å². The van der Waals surface area contributed by atoms with E-state index in [0.717, 1.165) is 42.2 Å². The summed E-state index contributed by atoms with van der Waals surface area (Å²) >= 11 is 0. The molecular weight excluding hydrogens is 465 g/mol. The number of aromatic nitrogens is 1. The molecule has 2 aromatic rings. The first-order valence-electron chi connectivity index (χ1n) is 11.6. The molecule has 0 atom stereocenters. The third kappa shape index (κ3) is 4.90. The number of hydrogen-bond donors (Lipinski definition) is 0. The van der Waals surface area contributed by atoms with Gasteiger partial charge in [0.05, 0.1) is 5.69 Å². The molecule has 1 aromatic carbocycles. The fourth-order valence-electron chi connectivity index (χ4n) is 4.66. The molecule has 8 nitrogen and oxygen atoms in total. The molecule has 1 saturated carbocycles. The first-order valence-corrected chi connectivity index (χ1v) is 11.6. The molecule has 2 saturated heterocycles. The number of carbonyl (C=O) groups excluding carboxylic acids is 2. The molecule has 3 fully saturated rings. The van der Waals surface area contributed by atoms with Gasteiger partial charge in [0.2, 0.25) is 5.88 Å². The lowest BCUT2D eigenvalue weighted by Gasteiger charge is -2.21. The van der Waals surface area contributed by atoms with E-state index in [1.807, 2.05) is 0 Å². The quantitative estimate of drug-likeness (QED) is 0.522. The van der Waals surface area contributed by atoms with Crippen LogP contribution in [0.3, 0.4) is 0 Å². The van der Waals surface area contributed by atoms with E-state index in [0.29, 0.717) is 25.3 Å². The first kappa shape index (κ1) is 23.4. The first-order chi connectivity index (χ1) is 16.7. The van der Waals surface area contributed by atoms with E-state index >= 15 is 0 Å². The number of ether oxygens (including phenoxy) is 2. The Kier molecular flexibility index (Phi) is 6.04. The molecule has 0 radical (unpaired) electrons. The van der Waals surface area contributed by atoms with Gasteiger partial charge < -0.3 is 14.4 Å². The number of imide groups is 1. The average molecular weight is 490 g/mol. The lowest BCUT2D eigenvalue weighted by molar-refractivity contribution is -0.274. The number of halogens is 3. The standard InChI is InChI=1S/C24H25F3N4O4/c25-24(26,27)35-19-5-3-18(4-6-19)31-21(32)23(8-9-23)30(22(31)33)16-17-7-10-28-20(15-17)34-14-13-29-11-1-2-12-29/h3-7,10,15H,1-2,8-9,11-14,16H2. The van der Waals surface area contributed by atoms with Crippen molar-refractivity contribution in [3.8, 4) is 11.6 Å². The summed E-state index contributed by atoms with van der Waals surface area (Å²) in [6.45, 7) is 3.71. The van der Waals surface area contributed by atoms with Gasteiger partial charge in [-0.05, 0) is 74.7 Å². The number of hydrogen-bond acceptors (Lipinski definition) is 6. The summed E-state index contributed by atoms with van der Waals surface area (Å²) in [5.74, 6) is -0.336. The smallest absolute Gasteiger partial charge is 0.476 e. The number of pyridine rings is 1. The minimum atomic E-state index is -4.82. The molecule has 1 spiro atoms. The summed E-state index contributed by atoms with van der Waals surface area (Å²) in [5, 5.41) is 0. The van der Waals surface area contributed by atoms with Crippen LogP contribution >= 0.6 is 0 Å². The largest absolute Gasteiger partial charge is 0.573 e. The Morgan fingerprint density at radius 3 is 2.40 bits per heavy atom. The van der Waals surface area contributed by atoms with Gasteiger partial charge in [0.15, 0.2) is 0 Å². The monoisotopic (exact) mass is 490 g/mol. The van der Waals surface area contributed by atoms with E-state index in [2.05, 4.69) is 14.6 Å². The van der Waals surface area contributed by atoms with E-state index in [1.165, 1.54) is 29.9 Å². The molecule has 3 aliphatic rings. The number of anilines is 1. The summed E-state index contributed by atoms with van der Waals surface area (Å²) < 4.78 is 47.0. The highest BCUT2D eigenvalue weighted by Gasteiger charge is 2.65. The van der Waals surface area contributed by atoms with Gasteiger partial charge in [-0.3, -0.25) is 9.69 Å². The van der Waals surface area contributed by atoms with Crippen LogP contribution in [-0.4, -0.2) is 64.9 Å². The Balaban J connectivity index is 1.27. The lowest BCUT2D eigenvalue weighted by Crippen LogP contribution is -2.36. The maximum Gasteiger partial charge on any atom is 0.573 e. The van der Waals surface area contributed by atoms with Crippen molar-refractivity contribution >= 4 is 17.6 Å². The average Bonchev–Trinajstić information content (AvgIpc) is 3.40. The van der Waals surface area contributed by atoms with Crippen LogP contribution < -0.4 is 14.4 Å². The van der Waals surface area contributed by atoms with Crippen molar-refractivity contribution in [1.29, 1.82) is 0 Å². The second-order valence-corrected chi connectivity index (χ2v) is 8.98. The van der Waals surface area contributed by atoms with Crippen LogP contribution in [0.1, 0.15) is 31.2 Å². The fraction of sp³-hybridized carbons (Fsp3) is 0.458. The molecule has 5 rings (SSSR count). The van der Waals surface area contributed by atoms with E-state index in [-0.39, 0.29) is 18.1 Å². The number of amides is 3. The Hall–Kier alpha value is -3.34. The maximum atomic E-state index is 13.3. The van der Waals surface area contributed by atoms with Crippen LogP contribution in [0.5, 0.6) is 11.6 Å². The van der Waals surface area contributed by atoms with Crippen molar-refractivity contribution in [3.05, 3.63) is 48.2 Å². The molecule has 1 aliphatic carbocycles. The molecule has 3 heterocycles. The number of rotatable bonds is 8. The van der Waals surface area contributed by atoms with Gasteiger partial charge in [0.25, 0.3) is 5.91 Å². The summed E-state index contributed by atoms with van der Waals surface area (Å²) in [4.78, 5) is 35.6. The zero-order valence-corrected chi connectivity index (χ0v) is 19.0. The molecule has 35 heavy (non-hydrogen) atoms. The van der Waals surface area contributed by atoms with Crippen molar-refractivity contribution in [3.63, 3.8) is 0 Å². The van der Waals surface area contributed by atoms with Crippen LogP contribution in [0.15, 0.2) is 42.6 Å². The predicted octanol–water partition coefficient (Wildman–Crippen LogP) is 3.96. The van der Waals surface area contributed by atoms with Gasteiger partial charge in [-0.25, -0.2) is 14.7 Å². The third-order valence-corrected chi connectivity index (χ3v) is 6.59. The molecule has 0 N–H and O–H groups in total. The maximum absolute atomic E-state index is 13.3. The van der Waals surface area contributed by atoms with Crippen LogP contribution in [0.4, 0.5) is 23.7 Å². The Morgan fingerprint density at radius 1 is 1.03 bits per heavy atom. The predicted molar refractivity (Wildman–Crippen MR) is 119 cm³/mol. The second kappa shape index (κ2) is 9.03. The normalized spacial score (nSPS) is 19.6. The Morgan fingerprint density at radius 2 is 1.74 bits per heavy atom. The van der Waals surface area contributed by atoms with Gasteiger partial charge in [-0.2, -0.15) is 0 Å². The molecule has 11 heteroatoms. The van der Waals surface area contributed by atoms with Gasteiger partial charge in [0, 0.05) is 25.4 Å². The van der Waals surface area contributed by atoms with E-state index in [4.69, 9.17) is 4.74 Å². The number of nitrogens with zero attached hydrogens (tertiary/aromatic N) is 4. The van der Waals surface area contributed by atoms with Gasteiger partial charge >= 0.3 is 12.4 Å². The Bertz CT molecular complexity index is 1100. The summed E-state index contributed by atoms with van der Waals surface area (Å²) in [6.07, 6.45) is 0.277. The second-order valence-electron chi connectivity index (χ2n) is 8.98. The number of likely N-dealkylation sites (tertiary alicyclic amines) is 1. The van der Waals surface area contributed by atoms with Gasteiger partial charge in [-0.1, -0.05) is 0 Å². The number of benzene rings is 1. The van der Waals surface area contributed by atoms with E-state index < -0.39 is 23.7 Å². The SMILES string of the molecule is O=C1N(c2ccc(OC(F)(F)F)cc2)C(=O)C2(CC2)N1Cc1ccnc(OCCN2CCCC2)c1. The molecule has 1 aromatic heterocycles. The zero-order chi connectivity index (χ0) is 24.6. The molecule has 0 bridgehead atoms. The third-order valence-electron chi connectivity index (χ3n) is 6.59. The minimum Gasteiger partial charge on any atom is -0.476 e. The molecular formula is C24H25F3N4O4. The van der Waals surface area contributed by atoms with E-state index in [9.17, 15) is 22.8 Å². The number of urea groups is 1. The van der Waals surface area contributed by atoms with Crippen LogP contribution in [0.2, 0.25) is 0 Å². The highest BCUT2D eigenvalue weighted by Crippen LogP contribution is 2.49. The zero-order valence-electron chi connectivity index (χ0n) is 19.0. The number of alkyl halides is 3. The van der Waals surface area contributed by atoms with Crippen molar-refractivity contribution < 1.29 is 32.2 Å².